The maximum absolute atomic E-state index is 11.8. The molecule has 1 aliphatic rings. The van der Waals surface area contributed by atoms with Crippen molar-refractivity contribution in [2.75, 3.05) is 26.8 Å². The average molecular weight is 280 g/mol. The minimum atomic E-state index is -0.195. The summed E-state index contributed by atoms with van der Waals surface area (Å²) < 4.78 is 9.95. The van der Waals surface area contributed by atoms with E-state index < -0.39 is 0 Å². The highest BCUT2D eigenvalue weighted by Gasteiger charge is 2.24. The number of carbonyl (C=O) groups is 2. The van der Waals surface area contributed by atoms with E-state index in [-0.39, 0.29) is 17.9 Å². The molecule has 1 aromatic rings. The molecule has 2 amide bonds. The normalized spacial score (nSPS) is 16.1. The van der Waals surface area contributed by atoms with Gasteiger partial charge in [0.25, 0.3) is 5.91 Å². The molecule has 0 spiro atoms. The SMILES string of the molecule is COCCC(=O)N1CCC(NC(=O)c2ccco2)CC1. The number of carbonyl (C=O) groups excluding carboxylic acids is 2. The molecule has 0 aromatic carbocycles. The van der Waals surface area contributed by atoms with Gasteiger partial charge in [0.15, 0.2) is 5.76 Å². The number of hydrogen-bond acceptors (Lipinski definition) is 4. The second-order valence-corrected chi connectivity index (χ2v) is 4.85. The van der Waals surface area contributed by atoms with Gasteiger partial charge in [0.05, 0.1) is 19.3 Å². The highest BCUT2D eigenvalue weighted by molar-refractivity contribution is 5.91. The summed E-state index contributed by atoms with van der Waals surface area (Å²) in [6.07, 6.45) is 3.43. The number of nitrogens with zero attached hydrogens (tertiary/aromatic N) is 1. The number of furan rings is 1. The molecule has 0 saturated carbocycles. The first-order chi connectivity index (χ1) is 9.70. The molecule has 110 valence electrons. The van der Waals surface area contributed by atoms with Crippen LogP contribution in [-0.2, 0) is 9.53 Å². The van der Waals surface area contributed by atoms with Crippen molar-refractivity contribution >= 4 is 11.8 Å². The highest BCUT2D eigenvalue weighted by Crippen LogP contribution is 2.12. The zero-order valence-electron chi connectivity index (χ0n) is 11.6. The first-order valence-electron chi connectivity index (χ1n) is 6.82. The minimum Gasteiger partial charge on any atom is -0.459 e. The third-order valence-corrected chi connectivity index (χ3v) is 3.45. The van der Waals surface area contributed by atoms with Crippen LogP contribution in [0.2, 0.25) is 0 Å². The fourth-order valence-electron chi connectivity index (χ4n) is 2.28. The molecule has 1 aliphatic heterocycles. The Balaban J connectivity index is 1.74. The number of nitrogens with one attached hydrogen (secondary N) is 1. The molecule has 20 heavy (non-hydrogen) atoms. The van der Waals surface area contributed by atoms with Crippen molar-refractivity contribution in [3.05, 3.63) is 24.2 Å². The number of amides is 2. The van der Waals surface area contributed by atoms with Crippen LogP contribution < -0.4 is 5.32 Å². The second kappa shape index (κ2) is 7.09. The monoisotopic (exact) mass is 280 g/mol. The van der Waals surface area contributed by atoms with Gasteiger partial charge in [0, 0.05) is 26.2 Å². The largest absolute Gasteiger partial charge is 0.459 e. The van der Waals surface area contributed by atoms with Gasteiger partial charge in [0.1, 0.15) is 0 Å². The van der Waals surface area contributed by atoms with Gasteiger partial charge in [-0.05, 0) is 25.0 Å². The van der Waals surface area contributed by atoms with E-state index in [1.54, 1.807) is 19.2 Å². The van der Waals surface area contributed by atoms with Crippen molar-refractivity contribution in [2.45, 2.75) is 25.3 Å². The lowest BCUT2D eigenvalue weighted by atomic mass is 10.0. The lowest BCUT2D eigenvalue weighted by Gasteiger charge is -2.32. The fraction of sp³-hybridized carbons (Fsp3) is 0.571. The molecule has 0 radical (unpaired) electrons. The van der Waals surface area contributed by atoms with E-state index in [0.717, 1.165) is 12.8 Å². The zero-order valence-corrected chi connectivity index (χ0v) is 11.6. The van der Waals surface area contributed by atoms with Crippen molar-refractivity contribution in [2.24, 2.45) is 0 Å². The quantitative estimate of drug-likeness (QED) is 0.874. The van der Waals surface area contributed by atoms with Gasteiger partial charge in [0.2, 0.25) is 5.91 Å². The van der Waals surface area contributed by atoms with Crippen LogP contribution in [0.5, 0.6) is 0 Å². The van der Waals surface area contributed by atoms with Crippen LogP contribution in [0.1, 0.15) is 29.8 Å². The average Bonchev–Trinajstić information content (AvgIpc) is 3.00. The molecular weight excluding hydrogens is 260 g/mol. The molecule has 6 heteroatoms. The van der Waals surface area contributed by atoms with E-state index in [1.807, 2.05) is 4.90 Å². The molecule has 6 nitrogen and oxygen atoms in total. The van der Waals surface area contributed by atoms with Crippen LogP contribution in [0.15, 0.2) is 22.8 Å². The van der Waals surface area contributed by atoms with Gasteiger partial charge in [-0.25, -0.2) is 0 Å². The molecule has 0 unspecified atom stereocenters. The summed E-state index contributed by atoms with van der Waals surface area (Å²) in [5.74, 6) is 0.241. The number of likely N-dealkylation sites (tertiary alicyclic amines) is 1. The van der Waals surface area contributed by atoms with Crippen molar-refractivity contribution in [1.82, 2.24) is 10.2 Å². The Kier molecular flexibility index (Phi) is 5.17. The van der Waals surface area contributed by atoms with Crippen LogP contribution in [-0.4, -0.2) is 49.6 Å². The van der Waals surface area contributed by atoms with Gasteiger partial charge in [-0.15, -0.1) is 0 Å². The summed E-state index contributed by atoms with van der Waals surface area (Å²) in [7, 11) is 1.59. The van der Waals surface area contributed by atoms with E-state index >= 15 is 0 Å². The third-order valence-electron chi connectivity index (χ3n) is 3.45. The van der Waals surface area contributed by atoms with E-state index in [2.05, 4.69) is 5.32 Å². The molecule has 1 N–H and O–H groups in total. The first kappa shape index (κ1) is 14.6. The predicted molar refractivity (Wildman–Crippen MR) is 72.3 cm³/mol. The van der Waals surface area contributed by atoms with Crippen molar-refractivity contribution in [3.63, 3.8) is 0 Å². The smallest absolute Gasteiger partial charge is 0.287 e. The Bertz CT molecular complexity index is 436. The van der Waals surface area contributed by atoms with E-state index in [9.17, 15) is 9.59 Å². The topological polar surface area (TPSA) is 71.8 Å². The summed E-state index contributed by atoms with van der Waals surface area (Å²) in [5, 5.41) is 2.93. The lowest BCUT2D eigenvalue weighted by Crippen LogP contribution is -2.46. The molecule has 1 fully saturated rings. The van der Waals surface area contributed by atoms with Gasteiger partial charge < -0.3 is 19.4 Å². The Morgan fingerprint density at radius 3 is 2.80 bits per heavy atom. The Hall–Kier alpha value is -1.82. The Morgan fingerprint density at radius 1 is 1.45 bits per heavy atom. The van der Waals surface area contributed by atoms with Crippen molar-refractivity contribution < 1.29 is 18.7 Å². The highest BCUT2D eigenvalue weighted by atomic mass is 16.5. The number of methoxy groups -OCH3 is 1. The molecule has 1 aromatic heterocycles. The number of piperidine rings is 1. The maximum atomic E-state index is 11.8. The van der Waals surface area contributed by atoms with Gasteiger partial charge >= 0.3 is 0 Å². The second-order valence-electron chi connectivity index (χ2n) is 4.85. The summed E-state index contributed by atoms with van der Waals surface area (Å²) in [5.41, 5.74) is 0. The third kappa shape index (κ3) is 3.84. The van der Waals surface area contributed by atoms with Crippen LogP contribution in [0.25, 0.3) is 0 Å². The molecular formula is C14H20N2O4. The minimum absolute atomic E-state index is 0.0964. The van der Waals surface area contributed by atoms with Crippen LogP contribution >= 0.6 is 0 Å². The molecule has 0 atom stereocenters. The number of ether oxygens (including phenoxy) is 1. The molecule has 1 saturated heterocycles. The van der Waals surface area contributed by atoms with Crippen LogP contribution in [0.4, 0.5) is 0 Å². The number of rotatable bonds is 5. The fourth-order valence-corrected chi connectivity index (χ4v) is 2.28. The van der Waals surface area contributed by atoms with E-state index in [0.29, 0.717) is 31.9 Å². The van der Waals surface area contributed by atoms with Crippen LogP contribution in [0.3, 0.4) is 0 Å². The summed E-state index contributed by atoms with van der Waals surface area (Å²) in [6, 6.07) is 3.42. The number of hydrogen-bond donors (Lipinski definition) is 1. The first-order valence-corrected chi connectivity index (χ1v) is 6.82. The molecule has 2 heterocycles. The predicted octanol–water partition coefficient (Wildman–Crippen LogP) is 1.04. The molecule has 0 bridgehead atoms. The summed E-state index contributed by atoms with van der Waals surface area (Å²) in [4.78, 5) is 25.5. The summed E-state index contributed by atoms with van der Waals surface area (Å²) in [6.45, 7) is 1.80. The molecule has 0 aliphatic carbocycles. The standard InChI is InChI=1S/C14H20N2O4/c1-19-10-6-13(17)16-7-4-11(5-8-16)15-14(18)12-3-2-9-20-12/h2-3,9,11H,4-8,10H2,1H3,(H,15,18). The maximum Gasteiger partial charge on any atom is 0.287 e. The van der Waals surface area contributed by atoms with Crippen molar-refractivity contribution in [3.8, 4) is 0 Å². The van der Waals surface area contributed by atoms with Gasteiger partial charge in [-0.1, -0.05) is 0 Å². The Morgan fingerprint density at radius 2 is 2.20 bits per heavy atom. The summed E-state index contributed by atoms with van der Waals surface area (Å²) >= 11 is 0. The van der Waals surface area contributed by atoms with Crippen LogP contribution in [0, 0.1) is 0 Å². The van der Waals surface area contributed by atoms with Crippen molar-refractivity contribution in [1.29, 1.82) is 0 Å². The van der Waals surface area contributed by atoms with Gasteiger partial charge in [-0.3, -0.25) is 9.59 Å². The van der Waals surface area contributed by atoms with E-state index in [4.69, 9.17) is 9.15 Å². The Labute approximate surface area is 118 Å². The molecule has 2 rings (SSSR count). The zero-order chi connectivity index (χ0) is 14.4. The van der Waals surface area contributed by atoms with Gasteiger partial charge in [-0.2, -0.15) is 0 Å². The lowest BCUT2D eigenvalue weighted by molar-refractivity contribution is -0.133. The van der Waals surface area contributed by atoms with E-state index in [1.165, 1.54) is 6.26 Å².